The van der Waals surface area contributed by atoms with Crippen LogP contribution in [-0.4, -0.2) is 62.8 Å². The molecule has 2 aliphatic heterocycles. The van der Waals surface area contributed by atoms with Crippen LogP contribution in [0.4, 0.5) is 0 Å². The summed E-state index contributed by atoms with van der Waals surface area (Å²) in [6.07, 6.45) is 16.9. The van der Waals surface area contributed by atoms with Crippen LogP contribution in [0.5, 0.6) is 0 Å². The van der Waals surface area contributed by atoms with Gasteiger partial charge in [-0.25, -0.2) is 0 Å². The molecule has 1 saturated carbocycles. The zero-order valence-corrected chi connectivity index (χ0v) is 20.3. The predicted octanol–water partition coefficient (Wildman–Crippen LogP) is 4.98. The maximum atomic E-state index is 12.8. The average molecular weight is 450 g/mol. The molecule has 0 spiro atoms. The van der Waals surface area contributed by atoms with E-state index in [9.17, 15) is 4.79 Å². The normalized spacial score (nSPS) is 31.5. The van der Waals surface area contributed by atoms with Crippen LogP contribution in [-0.2, 0) is 23.7 Å². The van der Waals surface area contributed by atoms with Crippen LogP contribution < -0.4 is 0 Å². The van der Waals surface area contributed by atoms with Crippen molar-refractivity contribution in [2.45, 2.75) is 102 Å². The Balaban J connectivity index is 1.72. The molecular weight excluding hydrogens is 406 g/mol. The molecule has 182 valence electrons. The molecular formula is C26H43NO5. The first-order valence-electron chi connectivity index (χ1n) is 12.7. The van der Waals surface area contributed by atoms with Crippen molar-refractivity contribution in [3.63, 3.8) is 0 Å². The first kappa shape index (κ1) is 25.4. The highest BCUT2D eigenvalue weighted by Gasteiger charge is 2.39. The van der Waals surface area contributed by atoms with E-state index in [-0.39, 0.29) is 36.5 Å². The van der Waals surface area contributed by atoms with E-state index in [0.29, 0.717) is 6.42 Å². The van der Waals surface area contributed by atoms with Crippen molar-refractivity contribution in [1.29, 1.82) is 0 Å². The van der Waals surface area contributed by atoms with Crippen molar-refractivity contribution >= 4 is 5.78 Å². The minimum absolute atomic E-state index is 0.00691. The van der Waals surface area contributed by atoms with Gasteiger partial charge in [0, 0.05) is 51.4 Å². The van der Waals surface area contributed by atoms with Crippen molar-refractivity contribution in [3.8, 4) is 0 Å². The highest BCUT2D eigenvalue weighted by molar-refractivity contribution is 5.99. The lowest BCUT2D eigenvalue weighted by molar-refractivity contribution is -0.190. The summed E-state index contributed by atoms with van der Waals surface area (Å²) in [4.78, 5) is 14.8. The number of carbonyl (C=O) groups is 1. The van der Waals surface area contributed by atoms with E-state index in [1.807, 2.05) is 25.2 Å². The van der Waals surface area contributed by atoms with Gasteiger partial charge in [-0.3, -0.25) is 4.79 Å². The number of rotatable bonds is 11. The summed E-state index contributed by atoms with van der Waals surface area (Å²) < 4.78 is 24.3. The molecule has 0 radical (unpaired) electrons. The zero-order chi connectivity index (χ0) is 22.8. The summed E-state index contributed by atoms with van der Waals surface area (Å²) >= 11 is 0. The molecule has 5 atom stereocenters. The summed E-state index contributed by atoms with van der Waals surface area (Å²) in [5, 5.41) is 0. The third-order valence-electron chi connectivity index (χ3n) is 6.42. The van der Waals surface area contributed by atoms with Crippen molar-refractivity contribution in [2.24, 2.45) is 5.92 Å². The lowest BCUT2D eigenvalue weighted by Crippen LogP contribution is -2.30. The van der Waals surface area contributed by atoms with Gasteiger partial charge in [0.1, 0.15) is 0 Å². The molecule has 3 rings (SSSR count). The molecule has 32 heavy (non-hydrogen) atoms. The highest BCUT2D eigenvalue weighted by Crippen LogP contribution is 2.35. The Bertz CT molecular complexity index is 620. The Morgan fingerprint density at radius 2 is 1.78 bits per heavy atom. The van der Waals surface area contributed by atoms with E-state index in [2.05, 4.69) is 19.1 Å². The van der Waals surface area contributed by atoms with Crippen molar-refractivity contribution in [2.75, 3.05) is 27.3 Å². The molecule has 0 aromatic rings. The molecule has 6 nitrogen and oxygen atoms in total. The minimum atomic E-state index is -0.205. The number of carbonyl (C=O) groups excluding carboxylic acids is 1. The molecule has 2 heterocycles. The largest absolute Gasteiger partial charge is 0.383 e. The Morgan fingerprint density at radius 1 is 1.06 bits per heavy atom. The number of ether oxygens (including phenoxy) is 4. The quantitative estimate of drug-likeness (QED) is 0.252. The Kier molecular flexibility index (Phi) is 10.7. The van der Waals surface area contributed by atoms with Gasteiger partial charge in [-0.15, -0.1) is 0 Å². The minimum Gasteiger partial charge on any atom is -0.383 e. The van der Waals surface area contributed by atoms with E-state index < -0.39 is 0 Å². The van der Waals surface area contributed by atoms with Gasteiger partial charge in [0.05, 0.1) is 12.2 Å². The van der Waals surface area contributed by atoms with Gasteiger partial charge in [0.15, 0.2) is 18.4 Å². The molecule has 0 N–H and O–H groups in total. The van der Waals surface area contributed by atoms with Crippen LogP contribution in [0.2, 0.25) is 0 Å². The molecule has 6 heteroatoms. The zero-order valence-electron chi connectivity index (χ0n) is 20.3. The fraction of sp³-hybridized carbons (Fsp3) is 0.808. The molecule has 2 saturated heterocycles. The van der Waals surface area contributed by atoms with E-state index >= 15 is 0 Å². The standard InChI is InChI=1S/C26H43NO5/c1-4-5-6-11-20(31-25-12-7-9-16-29-25)14-15-21-22(19-27(2)3)23(28)18-24(21)32-26-13-8-10-17-30-26/h14-15,19-21,24-26H,4-13,16-18H2,1-3H3/b15-14?,22-19+/t20?,21-,24-,25?,26?/m0/s1. The molecule has 3 aliphatic rings. The fourth-order valence-corrected chi connectivity index (χ4v) is 4.69. The maximum absolute atomic E-state index is 12.8. The second-order valence-corrected chi connectivity index (χ2v) is 9.52. The van der Waals surface area contributed by atoms with Crippen molar-refractivity contribution in [1.82, 2.24) is 4.90 Å². The fourth-order valence-electron chi connectivity index (χ4n) is 4.69. The smallest absolute Gasteiger partial charge is 0.163 e. The number of nitrogens with zero attached hydrogens (tertiary/aromatic N) is 1. The first-order valence-corrected chi connectivity index (χ1v) is 12.7. The summed E-state index contributed by atoms with van der Waals surface area (Å²) in [5.41, 5.74) is 0.813. The van der Waals surface area contributed by atoms with Gasteiger partial charge in [-0.1, -0.05) is 38.3 Å². The summed E-state index contributed by atoms with van der Waals surface area (Å²) in [5.74, 6) is 0.0770. The average Bonchev–Trinajstić information content (AvgIpc) is 3.06. The lowest BCUT2D eigenvalue weighted by atomic mass is 9.98. The van der Waals surface area contributed by atoms with E-state index in [1.165, 1.54) is 12.8 Å². The van der Waals surface area contributed by atoms with E-state index in [4.69, 9.17) is 18.9 Å². The molecule has 1 aliphatic carbocycles. The topological polar surface area (TPSA) is 57.2 Å². The lowest BCUT2D eigenvalue weighted by Gasteiger charge is -2.28. The van der Waals surface area contributed by atoms with Crippen LogP contribution in [0.1, 0.15) is 77.6 Å². The third kappa shape index (κ3) is 7.98. The Hall–Kier alpha value is -1.21. The van der Waals surface area contributed by atoms with Gasteiger partial charge in [-0.05, 0) is 44.9 Å². The Morgan fingerprint density at radius 3 is 2.41 bits per heavy atom. The SMILES string of the molecule is CCCCCC(C=C[C@H]1/C(=C\N(C)C)C(=O)C[C@@H]1OC1CCCCO1)OC1CCCCO1. The number of Topliss-reactive ketones (excluding diaryl/α,β-unsaturated/α-hetero) is 1. The molecule has 3 unspecified atom stereocenters. The van der Waals surface area contributed by atoms with Crippen LogP contribution in [0.25, 0.3) is 0 Å². The van der Waals surface area contributed by atoms with Gasteiger partial charge in [-0.2, -0.15) is 0 Å². The van der Waals surface area contributed by atoms with Crippen LogP contribution >= 0.6 is 0 Å². The monoisotopic (exact) mass is 449 g/mol. The number of hydrogen-bond donors (Lipinski definition) is 0. The Labute approximate surface area is 194 Å². The van der Waals surface area contributed by atoms with Crippen molar-refractivity contribution < 1.29 is 23.7 Å². The summed E-state index contributed by atoms with van der Waals surface area (Å²) in [6.45, 7) is 3.73. The number of hydrogen-bond acceptors (Lipinski definition) is 6. The molecule has 0 aromatic carbocycles. The van der Waals surface area contributed by atoms with Crippen LogP contribution in [0.15, 0.2) is 23.9 Å². The summed E-state index contributed by atoms with van der Waals surface area (Å²) in [6, 6.07) is 0. The van der Waals surface area contributed by atoms with E-state index in [0.717, 1.165) is 70.2 Å². The first-order chi connectivity index (χ1) is 15.6. The molecule has 0 amide bonds. The molecule has 0 bridgehead atoms. The third-order valence-corrected chi connectivity index (χ3v) is 6.42. The van der Waals surface area contributed by atoms with Crippen molar-refractivity contribution in [3.05, 3.63) is 23.9 Å². The van der Waals surface area contributed by atoms with Gasteiger partial charge < -0.3 is 23.8 Å². The summed E-state index contributed by atoms with van der Waals surface area (Å²) in [7, 11) is 3.91. The van der Waals surface area contributed by atoms with Gasteiger partial charge in [0.2, 0.25) is 0 Å². The second-order valence-electron chi connectivity index (χ2n) is 9.52. The van der Waals surface area contributed by atoms with E-state index in [1.54, 1.807) is 0 Å². The van der Waals surface area contributed by atoms with Gasteiger partial charge >= 0.3 is 0 Å². The van der Waals surface area contributed by atoms with Gasteiger partial charge in [0.25, 0.3) is 0 Å². The number of ketones is 1. The van der Waals surface area contributed by atoms with Crippen LogP contribution in [0.3, 0.4) is 0 Å². The number of unbranched alkanes of at least 4 members (excludes halogenated alkanes) is 2. The second kappa shape index (κ2) is 13.5. The molecule has 0 aromatic heterocycles. The van der Waals surface area contributed by atoms with Crippen LogP contribution in [0, 0.1) is 5.92 Å². The highest BCUT2D eigenvalue weighted by atomic mass is 16.7. The predicted molar refractivity (Wildman–Crippen MR) is 125 cm³/mol. The molecule has 3 fully saturated rings. The maximum Gasteiger partial charge on any atom is 0.163 e.